The molecule has 0 radical (unpaired) electrons. The average Bonchev–Trinajstić information content (AvgIpc) is 3.22. The Hall–Kier alpha value is -2.82. The van der Waals surface area contributed by atoms with E-state index in [0.29, 0.717) is 18.7 Å². The van der Waals surface area contributed by atoms with Crippen LogP contribution in [-0.2, 0) is 10.2 Å². The summed E-state index contributed by atoms with van der Waals surface area (Å²) in [7, 11) is 0. The van der Waals surface area contributed by atoms with Crippen molar-refractivity contribution in [1.82, 2.24) is 4.90 Å². The molecular formula is C20H20N2O3. The molecule has 25 heavy (non-hydrogen) atoms. The van der Waals surface area contributed by atoms with Crippen LogP contribution >= 0.6 is 0 Å². The van der Waals surface area contributed by atoms with Crippen LogP contribution in [-0.4, -0.2) is 29.8 Å². The van der Waals surface area contributed by atoms with E-state index in [1.807, 2.05) is 43.0 Å². The summed E-state index contributed by atoms with van der Waals surface area (Å²) in [6, 6.07) is 9.24. The van der Waals surface area contributed by atoms with Crippen molar-refractivity contribution in [3.8, 4) is 0 Å². The minimum atomic E-state index is -0.558. The Morgan fingerprint density at radius 1 is 1.28 bits per heavy atom. The van der Waals surface area contributed by atoms with Crippen molar-refractivity contribution in [2.75, 3.05) is 18.4 Å². The number of rotatable bonds is 2. The first-order valence-corrected chi connectivity index (χ1v) is 8.45. The van der Waals surface area contributed by atoms with Crippen LogP contribution in [0.5, 0.6) is 0 Å². The molecule has 1 N–H and O–H groups in total. The van der Waals surface area contributed by atoms with E-state index < -0.39 is 5.41 Å². The van der Waals surface area contributed by atoms with Gasteiger partial charge in [-0.15, -0.1) is 0 Å². The van der Waals surface area contributed by atoms with Gasteiger partial charge in [-0.3, -0.25) is 9.59 Å². The topological polar surface area (TPSA) is 62.6 Å². The van der Waals surface area contributed by atoms with E-state index in [1.165, 1.54) is 0 Å². The number of nitrogens with zero attached hydrogens (tertiary/aromatic N) is 1. The predicted octanol–water partition coefficient (Wildman–Crippen LogP) is 3.44. The molecule has 0 atom stereocenters. The van der Waals surface area contributed by atoms with E-state index >= 15 is 0 Å². The number of furan rings is 1. The Morgan fingerprint density at radius 2 is 2.12 bits per heavy atom. The number of anilines is 1. The van der Waals surface area contributed by atoms with Crippen molar-refractivity contribution >= 4 is 23.1 Å². The molecule has 0 saturated carbocycles. The standard InChI is InChI=1S/C20H20N2O3/c1-20(2)15-8-7-13(11-16(15)21-19(20)24)18(23)22-9-3-5-14(12-22)17-6-4-10-25-17/h4-8,10-11H,3,9,12H2,1-2H3,(H,21,24). The summed E-state index contributed by atoms with van der Waals surface area (Å²) in [6.45, 7) is 4.99. The molecule has 2 aliphatic heterocycles. The van der Waals surface area contributed by atoms with Crippen molar-refractivity contribution in [3.63, 3.8) is 0 Å². The highest BCUT2D eigenvalue weighted by atomic mass is 16.3. The second-order valence-electron chi connectivity index (χ2n) is 7.06. The van der Waals surface area contributed by atoms with E-state index in [-0.39, 0.29) is 11.8 Å². The molecule has 0 bridgehead atoms. The molecule has 2 aliphatic rings. The average molecular weight is 336 g/mol. The maximum absolute atomic E-state index is 12.9. The van der Waals surface area contributed by atoms with Gasteiger partial charge in [0.15, 0.2) is 0 Å². The zero-order chi connectivity index (χ0) is 17.6. The number of nitrogens with one attached hydrogen (secondary N) is 1. The normalized spacial score (nSPS) is 18.6. The number of carbonyl (C=O) groups is 2. The molecular weight excluding hydrogens is 316 g/mol. The number of hydrogen-bond donors (Lipinski definition) is 1. The fraction of sp³-hybridized carbons (Fsp3) is 0.300. The lowest BCUT2D eigenvalue weighted by Gasteiger charge is -2.27. The lowest BCUT2D eigenvalue weighted by molar-refractivity contribution is -0.119. The molecule has 1 aromatic heterocycles. The van der Waals surface area contributed by atoms with Crippen LogP contribution < -0.4 is 5.32 Å². The van der Waals surface area contributed by atoms with E-state index in [9.17, 15) is 9.59 Å². The van der Waals surface area contributed by atoms with E-state index in [1.54, 1.807) is 12.3 Å². The van der Waals surface area contributed by atoms with Crippen LogP contribution in [0.15, 0.2) is 47.1 Å². The smallest absolute Gasteiger partial charge is 0.254 e. The number of fused-ring (bicyclic) bond motifs is 1. The number of hydrogen-bond acceptors (Lipinski definition) is 3. The summed E-state index contributed by atoms with van der Waals surface area (Å²) in [5.74, 6) is 0.743. The Kier molecular flexibility index (Phi) is 3.53. The third kappa shape index (κ3) is 2.56. The lowest BCUT2D eigenvalue weighted by atomic mass is 9.86. The van der Waals surface area contributed by atoms with Crippen LogP contribution in [0.3, 0.4) is 0 Å². The van der Waals surface area contributed by atoms with Gasteiger partial charge in [0.2, 0.25) is 5.91 Å². The zero-order valence-corrected chi connectivity index (χ0v) is 14.3. The summed E-state index contributed by atoms with van der Waals surface area (Å²) in [4.78, 5) is 26.8. The van der Waals surface area contributed by atoms with Crippen LogP contribution in [0, 0.1) is 0 Å². The minimum Gasteiger partial charge on any atom is -0.465 e. The SMILES string of the molecule is CC1(C)C(=O)Nc2cc(C(=O)N3CCC=C(c4ccco4)C3)ccc21. The van der Waals surface area contributed by atoms with E-state index in [0.717, 1.165) is 29.0 Å². The molecule has 4 rings (SSSR count). The van der Waals surface area contributed by atoms with Crippen LogP contribution in [0.1, 0.15) is 41.9 Å². The minimum absolute atomic E-state index is 0.0288. The van der Waals surface area contributed by atoms with Crippen LogP contribution in [0.25, 0.3) is 5.57 Å². The maximum Gasteiger partial charge on any atom is 0.254 e. The van der Waals surface area contributed by atoms with Gasteiger partial charge in [0.05, 0.1) is 11.7 Å². The van der Waals surface area contributed by atoms with E-state index in [4.69, 9.17) is 4.42 Å². The molecule has 2 aromatic rings. The van der Waals surface area contributed by atoms with Gasteiger partial charge in [-0.25, -0.2) is 0 Å². The summed E-state index contributed by atoms with van der Waals surface area (Å²) < 4.78 is 5.45. The van der Waals surface area contributed by atoms with Crippen molar-refractivity contribution in [2.45, 2.75) is 25.7 Å². The summed E-state index contributed by atoms with van der Waals surface area (Å²) >= 11 is 0. The quantitative estimate of drug-likeness (QED) is 0.914. The van der Waals surface area contributed by atoms with Crippen molar-refractivity contribution in [2.24, 2.45) is 0 Å². The first-order chi connectivity index (χ1) is 12.0. The molecule has 128 valence electrons. The van der Waals surface area contributed by atoms with Crippen LogP contribution in [0.4, 0.5) is 5.69 Å². The second-order valence-corrected chi connectivity index (χ2v) is 7.06. The monoisotopic (exact) mass is 336 g/mol. The third-order valence-corrected chi connectivity index (χ3v) is 5.03. The first kappa shape index (κ1) is 15.7. The van der Waals surface area contributed by atoms with E-state index in [2.05, 4.69) is 11.4 Å². The second kappa shape index (κ2) is 5.62. The van der Waals surface area contributed by atoms with Gasteiger partial charge in [0, 0.05) is 29.9 Å². The molecule has 0 spiro atoms. The molecule has 3 heterocycles. The first-order valence-electron chi connectivity index (χ1n) is 8.45. The molecule has 2 amide bonds. The van der Waals surface area contributed by atoms with Crippen LogP contribution in [0.2, 0.25) is 0 Å². The number of carbonyl (C=O) groups excluding carboxylic acids is 2. The van der Waals surface area contributed by atoms with Gasteiger partial charge in [-0.1, -0.05) is 12.1 Å². The van der Waals surface area contributed by atoms with Gasteiger partial charge < -0.3 is 14.6 Å². The summed E-state index contributed by atoms with van der Waals surface area (Å²) in [6.07, 6.45) is 4.56. The van der Waals surface area contributed by atoms with Gasteiger partial charge in [0.25, 0.3) is 5.91 Å². The molecule has 5 heteroatoms. The highest BCUT2D eigenvalue weighted by molar-refractivity contribution is 6.07. The maximum atomic E-state index is 12.9. The Balaban J connectivity index is 1.57. The zero-order valence-electron chi connectivity index (χ0n) is 14.3. The third-order valence-electron chi connectivity index (χ3n) is 5.03. The van der Waals surface area contributed by atoms with Crippen molar-refractivity contribution in [3.05, 3.63) is 59.6 Å². The molecule has 1 aromatic carbocycles. The molecule has 0 saturated heterocycles. The molecule has 0 aliphatic carbocycles. The fourth-order valence-electron chi connectivity index (χ4n) is 3.47. The summed E-state index contributed by atoms with van der Waals surface area (Å²) in [5.41, 5.74) is 2.73. The fourth-order valence-corrected chi connectivity index (χ4v) is 3.47. The molecule has 5 nitrogen and oxygen atoms in total. The van der Waals surface area contributed by atoms with Gasteiger partial charge >= 0.3 is 0 Å². The highest BCUT2D eigenvalue weighted by Crippen LogP contribution is 2.38. The Bertz CT molecular complexity index is 878. The number of benzene rings is 1. The lowest BCUT2D eigenvalue weighted by Crippen LogP contribution is -2.35. The van der Waals surface area contributed by atoms with Crippen molar-refractivity contribution < 1.29 is 14.0 Å². The van der Waals surface area contributed by atoms with Gasteiger partial charge in [-0.2, -0.15) is 0 Å². The largest absolute Gasteiger partial charge is 0.465 e. The van der Waals surface area contributed by atoms with Gasteiger partial charge in [0.1, 0.15) is 5.76 Å². The summed E-state index contributed by atoms with van der Waals surface area (Å²) in [5, 5.41) is 2.88. The Labute approximate surface area is 146 Å². The molecule has 0 fully saturated rings. The van der Waals surface area contributed by atoms with Crippen molar-refractivity contribution in [1.29, 1.82) is 0 Å². The molecule has 0 unspecified atom stereocenters. The Morgan fingerprint density at radius 3 is 2.88 bits per heavy atom. The highest BCUT2D eigenvalue weighted by Gasteiger charge is 2.38. The van der Waals surface area contributed by atoms with Gasteiger partial charge in [-0.05, 0) is 50.1 Å². The number of amides is 2. The predicted molar refractivity (Wildman–Crippen MR) is 95.3 cm³/mol.